The summed E-state index contributed by atoms with van der Waals surface area (Å²) in [5, 5.41) is 9.98. The highest BCUT2D eigenvalue weighted by Gasteiger charge is 2.57. The summed E-state index contributed by atoms with van der Waals surface area (Å²) in [5.74, 6) is -0.948. The Morgan fingerprint density at radius 1 is 1.07 bits per heavy atom. The van der Waals surface area contributed by atoms with E-state index in [2.05, 4.69) is 9.97 Å². The Kier molecular flexibility index (Phi) is 4.42. The van der Waals surface area contributed by atoms with Gasteiger partial charge in [0, 0.05) is 11.8 Å². The van der Waals surface area contributed by atoms with Crippen LogP contribution in [0.1, 0.15) is 60.0 Å². The molecule has 0 saturated heterocycles. The van der Waals surface area contributed by atoms with Crippen LogP contribution in [0.25, 0.3) is 0 Å². The molecule has 2 aliphatic carbocycles. The van der Waals surface area contributed by atoms with Gasteiger partial charge in [-0.2, -0.15) is 13.2 Å². The summed E-state index contributed by atoms with van der Waals surface area (Å²) in [6, 6.07) is 6.11. The fourth-order valence-electron chi connectivity index (χ4n) is 4.33. The van der Waals surface area contributed by atoms with Gasteiger partial charge in [0.1, 0.15) is 5.82 Å². The molecule has 1 heterocycles. The lowest BCUT2D eigenvalue weighted by molar-refractivity contribution is -0.257. The number of benzene rings is 1. The Hall–Kier alpha value is -1.73. The Bertz CT molecular complexity index is 871. The zero-order chi connectivity index (χ0) is 19.4. The first kappa shape index (κ1) is 18.6. The summed E-state index contributed by atoms with van der Waals surface area (Å²) in [5.41, 5.74) is 0.213. The molecule has 1 aromatic carbocycles. The Morgan fingerprint density at radius 2 is 1.74 bits per heavy atom. The summed E-state index contributed by atoms with van der Waals surface area (Å²) >= 11 is 6.08. The van der Waals surface area contributed by atoms with Crippen LogP contribution in [0.3, 0.4) is 0 Å². The fraction of sp³-hybridized carbons (Fsp3) is 0.474. The molecule has 1 fully saturated rings. The first-order chi connectivity index (χ1) is 12.7. The van der Waals surface area contributed by atoms with Crippen molar-refractivity contribution in [2.75, 3.05) is 0 Å². The fourth-order valence-corrected chi connectivity index (χ4v) is 4.51. The number of halogens is 5. The van der Waals surface area contributed by atoms with Crippen LogP contribution in [0.5, 0.6) is 0 Å². The van der Waals surface area contributed by atoms with Crippen molar-refractivity contribution in [1.82, 2.24) is 9.97 Å². The number of rotatable bonds is 2. The molecule has 4 rings (SSSR count). The van der Waals surface area contributed by atoms with E-state index in [-0.39, 0.29) is 29.9 Å². The molecule has 0 radical (unpaired) electrons. The minimum Gasteiger partial charge on any atom is -0.380 e. The molecule has 8 heteroatoms. The lowest BCUT2D eigenvalue weighted by Gasteiger charge is -2.26. The standard InChI is InChI=1S/C19H17ClF4N2O/c20-17-25-15(11-7-8-18(27,9-11)19(22,23)24)14-6-5-13(16(14)26-17)10-1-3-12(21)4-2-10/h1-4,11,13,27H,5-9H2. The molecule has 1 N–H and O–H groups in total. The lowest BCUT2D eigenvalue weighted by Crippen LogP contribution is -2.42. The van der Waals surface area contributed by atoms with Crippen LogP contribution in [-0.4, -0.2) is 26.9 Å². The van der Waals surface area contributed by atoms with Gasteiger partial charge in [0.2, 0.25) is 5.28 Å². The van der Waals surface area contributed by atoms with E-state index in [1.165, 1.54) is 12.1 Å². The maximum absolute atomic E-state index is 13.2. The van der Waals surface area contributed by atoms with Crippen LogP contribution in [0.4, 0.5) is 17.6 Å². The second-order valence-electron chi connectivity index (χ2n) is 7.35. The first-order valence-electron chi connectivity index (χ1n) is 8.79. The molecular weight excluding hydrogens is 384 g/mol. The van der Waals surface area contributed by atoms with Crippen molar-refractivity contribution in [1.29, 1.82) is 0 Å². The molecule has 0 bridgehead atoms. The van der Waals surface area contributed by atoms with Gasteiger partial charge in [-0.25, -0.2) is 14.4 Å². The summed E-state index contributed by atoms with van der Waals surface area (Å²) in [4.78, 5) is 8.56. The number of nitrogens with zero attached hydrogens (tertiary/aromatic N) is 2. The summed E-state index contributed by atoms with van der Waals surface area (Å²) in [6.45, 7) is 0. The number of alkyl halides is 3. The molecule has 3 atom stereocenters. The number of fused-ring (bicyclic) bond motifs is 1. The molecule has 3 unspecified atom stereocenters. The van der Waals surface area contributed by atoms with Crippen LogP contribution < -0.4 is 0 Å². The third kappa shape index (κ3) is 3.21. The highest BCUT2D eigenvalue weighted by molar-refractivity contribution is 6.28. The van der Waals surface area contributed by atoms with Gasteiger partial charge in [0.25, 0.3) is 0 Å². The molecular formula is C19H17ClF4N2O. The Labute approximate surface area is 158 Å². The molecule has 2 aliphatic rings. The molecule has 1 aromatic heterocycles. The molecule has 3 nitrogen and oxygen atoms in total. The first-order valence-corrected chi connectivity index (χ1v) is 9.16. The van der Waals surface area contributed by atoms with E-state index in [0.717, 1.165) is 11.1 Å². The van der Waals surface area contributed by atoms with Gasteiger partial charge in [-0.05, 0) is 67.0 Å². The number of hydrogen-bond acceptors (Lipinski definition) is 3. The van der Waals surface area contributed by atoms with Crippen LogP contribution in [-0.2, 0) is 6.42 Å². The van der Waals surface area contributed by atoms with E-state index >= 15 is 0 Å². The smallest absolute Gasteiger partial charge is 0.380 e. The third-order valence-electron chi connectivity index (χ3n) is 5.73. The van der Waals surface area contributed by atoms with Gasteiger partial charge in [0.05, 0.1) is 11.4 Å². The predicted molar refractivity (Wildman–Crippen MR) is 91.2 cm³/mol. The van der Waals surface area contributed by atoms with Crippen molar-refractivity contribution >= 4 is 11.6 Å². The van der Waals surface area contributed by atoms with Gasteiger partial charge in [-0.1, -0.05) is 12.1 Å². The number of hydrogen-bond donors (Lipinski definition) is 1. The van der Waals surface area contributed by atoms with Crippen molar-refractivity contribution < 1.29 is 22.7 Å². The van der Waals surface area contributed by atoms with E-state index in [9.17, 15) is 22.7 Å². The average molecular weight is 401 g/mol. The number of aromatic nitrogens is 2. The van der Waals surface area contributed by atoms with Gasteiger partial charge < -0.3 is 5.11 Å². The summed E-state index contributed by atoms with van der Waals surface area (Å²) in [7, 11) is 0. The zero-order valence-electron chi connectivity index (χ0n) is 14.2. The largest absolute Gasteiger partial charge is 0.417 e. The normalized spacial score (nSPS) is 27.8. The van der Waals surface area contributed by atoms with Crippen molar-refractivity contribution in [2.45, 2.75) is 55.7 Å². The second kappa shape index (κ2) is 6.41. The highest BCUT2D eigenvalue weighted by Crippen LogP contribution is 2.51. The van der Waals surface area contributed by atoms with Crippen LogP contribution in [0.2, 0.25) is 5.28 Å². The van der Waals surface area contributed by atoms with Gasteiger partial charge in [-0.3, -0.25) is 0 Å². The van der Waals surface area contributed by atoms with Crippen LogP contribution >= 0.6 is 11.6 Å². The Balaban J connectivity index is 1.69. The van der Waals surface area contributed by atoms with Crippen molar-refractivity contribution in [3.8, 4) is 0 Å². The molecule has 2 aromatic rings. The third-order valence-corrected chi connectivity index (χ3v) is 5.90. The van der Waals surface area contributed by atoms with E-state index < -0.39 is 24.1 Å². The number of aliphatic hydroxyl groups is 1. The van der Waals surface area contributed by atoms with E-state index in [4.69, 9.17) is 11.6 Å². The molecule has 1 saturated carbocycles. The highest BCUT2D eigenvalue weighted by atomic mass is 35.5. The van der Waals surface area contributed by atoms with Gasteiger partial charge in [0.15, 0.2) is 5.60 Å². The lowest BCUT2D eigenvalue weighted by atomic mass is 9.93. The molecule has 144 valence electrons. The van der Waals surface area contributed by atoms with Crippen molar-refractivity contribution in [3.63, 3.8) is 0 Å². The monoisotopic (exact) mass is 400 g/mol. The van der Waals surface area contributed by atoms with E-state index in [1.807, 2.05) is 0 Å². The molecule has 0 aliphatic heterocycles. The second-order valence-corrected chi connectivity index (χ2v) is 7.69. The minimum absolute atomic E-state index is 0.0137. The van der Waals surface area contributed by atoms with E-state index in [1.54, 1.807) is 12.1 Å². The summed E-state index contributed by atoms with van der Waals surface area (Å²) in [6.07, 6.45) is -3.92. The van der Waals surface area contributed by atoms with E-state index in [0.29, 0.717) is 24.2 Å². The topological polar surface area (TPSA) is 46.0 Å². The molecule has 0 amide bonds. The van der Waals surface area contributed by atoms with Crippen molar-refractivity contribution in [3.05, 3.63) is 57.9 Å². The van der Waals surface area contributed by atoms with Crippen LogP contribution in [0.15, 0.2) is 24.3 Å². The summed E-state index contributed by atoms with van der Waals surface area (Å²) < 4.78 is 52.7. The zero-order valence-corrected chi connectivity index (χ0v) is 15.0. The quantitative estimate of drug-likeness (QED) is 0.575. The SMILES string of the molecule is OC1(C(F)(F)F)CCC(c2nc(Cl)nc3c2CCC3c2ccc(F)cc2)C1. The average Bonchev–Trinajstić information content (AvgIpc) is 3.19. The maximum atomic E-state index is 13.2. The predicted octanol–water partition coefficient (Wildman–Crippen LogP) is 4.91. The molecule has 0 spiro atoms. The van der Waals surface area contributed by atoms with Gasteiger partial charge >= 0.3 is 6.18 Å². The maximum Gasteiger partial charge on any atom is 0.417 e. The minimum atomic E-state index is -4.67. The van der Waals surface area contributed by atoms with Crippen LogP contribution in [0, 0.1) is 5.82 Å². The molecule has 27 heavy (non-hydrogen) atoms. The Morgan fingerprint density at radius 3 is 2.37 bits per heavy atom. The van der Waals surface area contributed by atoms with Crippen molar-refractivity contribution in [2.24, 2.45) is 0 Å². The van der Waals surface area contributed by atoms with Gasteiger partial charge in [-0.15, -0.1) is 0 Å².